The first-order valence-corrected chi connectivity index (χ1v) is 8.57. The van der Waals surface area contributed by atoms with Crippen LogP contribution in [0.15, 0.2) is 33.8 Å². The van der Waals surface area contributed by atoms with Crippen LogP contribution in [0, 0.1) is 5.82 Å². The van der Waals surface area contributed by atoms with Crippen LogP contribution in [-0.4, -0.2) is 47.2 Å². The first-order valence-electron chi connectivity index (χ1n) is 8.57. The highest BCUT2D eigenvalue weighted by atomic mass is 19.1. The molecule has 1 aromatic heterocycles. The van der Waals surface area contributed by atoms with E-state index in [9.17, 15) is 4.39 Å². The summed E-state index contributed by atoms with van der Waals surface area (Å²) in [6.07, 6.45) is 2.26. The second-order valence-electron chi connectivity index (χ2n) is 6.45. The molecular weight excluding hydrogens is 323 g/mol. The molecule has 2 fully saturated rings. The van der Waals surface area contributed by atoms with Crippen molar-refractivity contribution in [3.63, 3.8) is 0 Å². The standard InChI is InChI=1S/C17H21FN6O/c18-13-3-5-14(6-4-13)23-7-9-24(10-8-23)17(19)20-11-15-21-16(25-22-15)12-1-2-12/h3-6,12H,1-2,7-11H2,(H2,19,20). The third-order valence-electron chi connectivity index (χ3n) is 4.59. The zero-order chi connectivity index (χ0) is 17.2. The summed E-state index contributed by atoms with van der Waals surface area (Å²) in [6, 6.07) is 6.57. The van der Waals surface area contributed by atoms with Gasteiger partial charge in [-0.25, -0.2) is 9.38 Å². The lowest BCUT2D eigenvalue weighted by molar-refractivity contribution is 0.372. The maximum Gasteiger partial charge on any atom is 0.229 e. The minimum absolute atomic E-state index is 0.218. The molecule has 1 aliphatic carbocycles. The fourth-order valence-electron chi connectivity index (χ4n) is 2.93. The Kier molecular flexibility index (Phi) is 4.25. The Morgan fingerprint density at radius 3 is 2.60 bits per heavy atom. The number of hydrogen-bond donors (Lipinski definition) is 1. The Balaban J connectivity index is 1.30. The molecule has 7 nitrogen and oxygen atoms in total. The van der Waals surface area contributed by atoms with Gasteiger partial charge in [0.05, 0.1) is 0 Å². The number of piperazine rings is 1. The lowest BCUT2D eigenvalue weighted by Gasteiger charge is -2.36. The van der Waals surface area contributed by atoms with E-state index >= 15 is 0 Å². The van der Waals surface area contributed by atoms with Gasteiger partial charge in [0, 0.05) is 37.8 Å². The van der Waals surface area contributed by atoms with Crippen LogP contribution in [0.2, 0.25) is 0 Å². The molecule has 0 radical (unpaired) electrons. The first kappa shape index (κ1) is 15.9. The summed E-state index contributed by atoms with van der Waals surface area (Å²) in [5.74, 6) is 2.02. The second-order valence-corrected chi connectivity index (χ2v) is 6.45. The minimum atomic E-state index is -0.218. The molecule has 8 heteroatoms. The molecule has 0 amide bonds. The minimum Gasteiger partial charge on any atom is -0.370 e. The number of anilines is 1. The van der Waals surface area contributed by atoms with Crippen LogP contribution in [0.25, 0.3) is 0 Å². The molecule has 0 atom stereocenters. The van der Waals surface area contributed by atoms with Crippen molar-refractivity contribution >= 4 is 11.6 Å². The SMILES string of the molecule is NC(=NCc1noc(C2CC2)n1)N1CCN(c2ccc(F)cc2)CC1. The Labute approximate surface area is 145 Å². The van der Waals surface area contributed by atoms with Gasteiger partial charge in [0.25, 0.3) is 0 Å². The summed E-state index contributed by atoms with van der Waals surface area (Å²) >= 11 is 0. The van der Waals surface area contributed by atoms with Crippen molar-refractivity contribution in [3.8, 4) is 0 Å². The first-order chi connectivity index (χ1) is 12.2. The predicted molar refractivity (Wildman–Crippen MR) is 91.8 cm³/mol. The van der Waals surface area contributed by atoms with E-state index < -0.39 is 0 Å². The highest BCUT2D eigenvalue weighted by molar-refractivity contribution is 5.78. The Bertz CT molecular complexity index is 747. The van der Waals surface area contributed by atoms with Crippen molar-refractivity contribution in [2.45, 2.75) is 25.3 Å². The highest BCUT2D eigenvalue weighted by Crippen LogP contribution is 2.38. The molecule has 1 aromatic carbocycles. The van der Waals surface area contributed by atoms with Crippen LogP contribution >= 0.6 is 0 Å². The third kappa shape index (κ3) is 3.72. The maximum atomic E-state index is 13.0. The molecule has 4 rings (SSSR count). The second kappa shape index (κ2) is 6.70. The number of halogens is 1. The maximum absolute atomic E-state index is 13.0. The number of aliphatic imine (C=N–C) groups is 1. The largest absolute Gasteiger partial charge is 0.370 e. The molecule has 0 unspecified atom stereocenters. The Hall–Kier alpha value is -2.64. The van der Waals surface area contributed by atoms with E-state index in [1.165, 1.54) is 12.1 Å². The van der Waals surface area contributed by atoms with Crippen molar-refractivity contribution in [1.82, 2.24) is 15.0 Å². The van der Waals surface area contributed by atoms with E-state index in [1.807, 2.05) is 4.90 Å². The third-order valence-corrected chi connectivity index (χ3v) is 4.59. The number of nitrogens with two attached hydrogens (primary N) is 1. The van der Waals surface area contributed by atoms with Gasteiger partial charge in [-0.15, -0.1) is 0 Å². The lowest BCUT2D eigenvalue weighted by Crippen LogP contribution is -2.51. The molecule has 2 aromatic rings. The number of guanidine groups is 1. The predicted octanol–water partition coefficient (Wildman–Crippen LogP) is 1.72. The van der Waals surface area contributed by atoms with Gasteiger partial charge in [0.15, 0.2) is 11.8 Å². The van der Waals surface area contributed by atoms with Crippen LogP contribution < -0.4 is 10.6 Å². The Morgan fingerprint density at radius 1 is 1.20 bits per heavy atom. The molecule has 132 valence electrons. The van der Waals surface area contributed by atoms with Gasteiger partial charge >= 0.3 is 0 Å². The van der Waals surface area contributed by atoms with E-state index in [-0.39, 0.29) is 5.82 Å². The zero-order valence-corrected chi connectivity index (χ0v) is 13.9. The summed E-state index contributed by atoms with van der Waals surface area (Å²) in [5, 5.41) is 3.95. The molecule has 0 bridgehead atoms. The topological polar surface area (TPSA) is 83.8 Å². The fourth-order valence-corrected chi connectivity index (χ4v) is 2.93. The highest BCUT2D eigenvalue weighted by Gasteiger charge is 2.29. The van der Waals surface area contributed by atoms with Gasteiger partial charge in [-0.05, 0) is 37.1 Å². The average molecular weight is 344 g/mol. The monoisotopic (exact) mass is 344 g/mol. The molecule has 2 heterocycles. The molecule has 0 spiro atoms. The fraction of sp³-hybridized carbons (Fsp3) is 0.471. The molecule has 1 saturated heterocycles. The normalized spacial score (nSPS) is 18.7. The van der Waals surface area contributed by atoms with Gasteiger partial charge in [-0.3, -0.25) is 0 Å². The summed E-state index contributed by atoms with van der Waals surface area (Å²) in [7, 11) is 0. The molecular formula is C17H21FN6O. The van der Waals surface area contributed by atoms with Crippen LogP contribution in [0.4, 0.5) is 10.1 Å². The molecule has 25 heavy (non-hydrogen) atoms. The van der Waals surface area contributed by atoms with Gasteiger partial charge in [-0.1, -0.05) is 5.16 Å². The number of benzene rings is 1. The number of rotatable bonds is 4. The van der Waals surface area contributed by atoms with Gasteiger partial charge < -0.3 is 20.1 Å². The summed E-state index contributed by atoms with van der Waals surface area (Å²) in [6.45, 7) is 3.50. The van der Waals surface area contributed by atoms with E-state index in [0.29, 0.717) is 24.2 Å². The number of aromatic nitrogens is 2. The molecule has 1 aliphatic heterocycles. The van der Waals surface area contributed by atoms with Crippen molar-refractivity contribution in [2.75, 3.05) is 31.1 Å². The van der Waals surface area contributed by atoms with E-state index in [2.05, 4.69) is 20.0 Å². The van der Waals surface area contributed by atoms with E-state index in [4.69, 9.17) is 10.3 Å². The Morgan fingerprint density at radius 2 is 1.92 bits per heavy atom. The average Bonchev–Trinajstić information content (AvgIpc) is 3.39. The van der Waals surface area contributed by atoms with Crippen LogP contribution in [0.5, 0.6) is 0 Å². The zero-order valence-electron chi connectivity index (χ0n) is 13.9. The summed E-state index contributed by atoms with van der Waals surface area (Å²) < 4.78 is 18.2. The number of nitrogens with zero attached hydrogens (tertiary/aromatic N) is 5. The number of hydrogen-bond acceptors (Lipinski definition) is 5. The van der Waals surface area contributed by atoms with E-state index in [0.717, 1.165) is 50.6 Å². The van der Waals surface area contributed by atoms with Crippen LogP contribution in [-0.2, 0) is 6.54 Å². The van der Waals surface area contributed by atoms with Crippen LogP contribution in [0.1, 0.15) is 30.5 Å². The quantitative estimate of drug-likeness (QED) is 0.672. The van der Waals surface area contributed by atoms with Gasteiger partial charge in [-0.2, -0.15) is 4.98 Å². The van der Waals surface area contributed by atoms with Crippen molar-refractivity contribution < 1.29 is 8.91 Å². The van der Waals surface area contributed by atoms with E-state index in [1.54, 1.807) is 12.1 Å². The van der Waals surface area contributed by atoms with Crippen LogP contribution in [0.3, 0.4) is 0 Å². The van der Waals surface area contributed by atoms with Gasteiger partial charge in [0.2, 0.25) is 5.89 Å². The molecule has 1 saturated carbocycles. The van der Waals surface area contributed by atoms with Crippen molar-refractivity contribution in [1.29, 1.82) is 0 Å². The molecule has 2 aliphatic rings. The summed E-state index contributed by atoms with van der Waals surface area (Å²) in [5.41, 5.74) is 7.12. The smallest absolute Gasteiger partial charge is 0.229 e. The molecule has 2 N–H and O–H groups in total. The summed E-state index contributed by atoms with van der Waals surface area (Å²) in [4.78, 5) is 13.0. The van der Waals surface area contributed by atoms with Crippen molar-refractivity contribution in [3.05, 3.63) is 41.8 Å². The lowest BCUT2D eigenvalue weighted by atomic mass is 10.2. The van der Waals surface area contributed by atoms with Crippen molar-refractivity contribution in [2.24, 2.45) is 10.7 Å². The van der Waals surface area contributed by atoms with Gasteiger partial charge in [0.1, 0.15) is 12.4 Å².